The number of nitrogens with zero attached hydrogens (tertiary/aromatic N) is 1. The molecule has 10 atom stereocenters. The van der Waals surface area contributed by atoms with Crippen molar-refractivity contribution in [2.45, 2.75) is 121 Å². The van der Waals surface area contributed by atoms with Crippen LogP contribution >= 0.6 is 0 Å². The first-order chi connectivity index (χ1) is 35.5. The molecule has 0 unspecified atom stereocenters. The number of nitrogens with two attached hydrogens (primary N) is 4. The SMILES string of the molecule is C=CCN([C@@H](CO)C(=O)N[C@@H](CO)C(N)=O)S(=O)(=O)C[C@H](CC(C)C)NC(=O)[C@@H](NC(=O)[C@H](C)NC(=O)CNC(=O)[C@H](Cc1ccccc1)NC(=O)[C@H](CC(N)=O)NC(=O)[C@H](CC(N)=O)NC(=O)[C@@H](N)CO)[C@@H](C)CC. The van der Waals surface area contributed by atoms with Crippen molar-refractivity contribution in [2.75, 3.05) is 38.7 Å². The van der Waals surface area contributed by atoms with Gasteiger partial charge in [-0.05, 0) is 30.7 Å². The van der Waals surface area contributed by atoms with E-state index in [1.54, 1.807) is 58.0 Å². The number of aliphatic hydroxyl groups excluding tert-OH is 3. The number of carbonyl (C=O) groups excluding carboxylic acids is 11. The van der Waals surface area contributed by atoms with Crippen LogP contribution in [-0.2, 0) is 69.2 Å². The third-order valence-corrected chi connectivity index (χ3v) is 13.3. The zero-order valence-corrected chi connectivity index (χ0v) is 43.9. The molecule has 0 saturated heterocycles. The van der Waals surface area contributed by atoms with Crippen LogP contribution in [0.25, 0.3) is 0 Å². The van der Waals surface area contributed by atoms with Crippen LogP contribution < -0.4 is 65.5 Å². The van der Waals surface area contributed by atoms with E-state index in [1.165, 1.54) is 6.92 Å². The number of rotatable bonds is 36. The minimum absolute atomic E-state index is 0.0688. The fraction of sp³-hybridized carbons (Fsp3) is 0.587. The summed E-state index contributed by atoms with van der Waals surface area (Å²) in [6.45, 7) is 7.56. The van der Waals surface area contributed by atoms with Crippen LogP contribution in [0.1, 0.15) is 65.9 Å². The lowest BCUT2D eigenvalue weighted by Gasteiger charge is -2.32. The molecule has 0 aliphatic carbocycles. The first kappa shape index (κ1) is 66.9. The summed E-state index contributed by atoms with van der Waals surface area (Å²) in [7, 11) is -4.56. The van der Waals surface area contributed by atoms with E-state index in [9.17, 15) is 76.5 Å². The maximum absolute atomic E-state index is 14.0. The van der Waals surface area contributed by atoms with Crippen molar-refractivity contribution in [1.82, 2.24) is 46.8 Å². The summed E-state index contributed by atoms with van der Waals surface area (Å²) < 4.78 is 28.5. The van der Waals surface area contributed by atoms with E-state index in [4.69, 9.17) is 22.9 Å². The lowest BCUT2D eigenvalue weighted by Crippen LogP contribution is -2.60. The molecule has 0 radical (unpaired) electrons. The summed E-state index contributed by atoms with van der Waals surface area (Å²) in [6.07, 6.45) is -0.319. The van der Waals surface area contributed by atoms with E-state index < -0.39 is 187 Å². The second kappa shape index (κ2) is 33.0. The number of hydrogen-bond acceptors (Lipinski definition) is 17. The van der Waals surface area contributed by atoms with Crippen molar-refractivity contribution < 1.29 is 76.5 Å². The molecule has 1 aromatic carbocycles. The number of benzene rings is 1. The number of nitrogens with one attached hydrogen (secondary N) is 8. The average molecular weight is 1100 g/mol. The molecule has 0 bridgehead atoms. The Morgan fingerprint density at radius 1 is 0.658 bits per heavy atom. The van der Waals surface area contributed by atoms with E-state index in [-0.39, 0.29) is 18.8 Å². The van der Waals surface area contributed by atoms with Gasteiger partial charge in [-0.15, -0.1) is 6.58 Å². The summed E-state index contributed by atoms with van der Waals surface area (Å²) >= 11 is 0. The minimum atomic E-state index is -4.56. The van der Waals surface area contributed by atoms with Crippen molar-refractivity contribution in [1.29, 1.82) is 0 Å². The molecule has 30 heteroatoms. The Bertz CT molecular complexity index is 2310. The molecule has 426 valence electrons. The fourth-order valence-corrected chi connectivity index (χ4v) is 8.94. The Morgan fingerprint density at radius 3 is 1.67 bits per heavy atom. The zero-order chi connectivity index (χ0) is 58.0. The molecule has 0 spiro atoms. The maximum Gasteiger partial charge on any atom is 0.243 e. The first-order valence-corrected chi connectivity index (χ1v) is 25.6. The molecule has 0 fully saturated rings. The first-order valence-electron chi connectivity index (χ1n) is 24.0. The predicted molar refractivity (Wildman–Crippen MR) is 272 cm³/mol. The molecule has 1 aromatic rings. The summed E-state index contributed by atoms with van der Waals surface area (Å²) in [5.74, 6) is -13.0. The predicted octanol–water partition coefficient (Wildman–Crippen LogP) is -7.42. The number of carbonyl (C=O) groups is 11. The topological polar surface area (TPSA) is 486 Å². The summed E-state index contributed by atoms with van der Waals surface area (Å²) in [5.41, 5.74) is 21.8. The van der Waals surface area contributed by atoms with E-state index in [2.05, 4.69) is 49.1 Å². The zero-order valence-electron chi connectivity index (χ0n) is 43.1. The molecule has 0 aliphatic rings. The number of amides is 11. The number of hydrogen-bond donors (Lipinski definition) is 15. The molecular weight excluding hydrogens is 1020 g/mol. The highest BCUT2D eigenvalue weighted by Gasteiger charge is 2.39. The summed E-state index contributed by atoms with van der Waals surface area (Å²) in [6, 6.07) is -5.61. The largest absolute Gasteiger partial charge is 0.394 e. The Labute approximate surface area is 440 Å². The minimum Gasteiger partial charge on any atom is -0.394 e. The Kier molecular flexibility index (Phi) is 29.1. The molecule has 0 aliphatic heterocycles. The van der Waals surface area contributed by atoms with Crippen molar-refractivity contribution in [3.05, 3.63) is 48.6 Å². The van der Waals surface area contributed by atoms with Gasteiger partial charge < -0.3 is 80.8 Å². The Balaban J connectivity index is 3.29. The number of aliphatic hydroxyl groups is 3. The Hall–Kier alpha value is -7.12. The highest BCUT2D eigenvalue weighted by Crippen LogP contribution is 2.17. The van der Waals surface area contributed by atoms with Crippen molar-refractivity contribution in [3.63, 3.8) is 0 Å². The van der Waals surface area contributed by atoms with Crippen LogP contribution in [0.2, 0.25) is 0 Å². The highest BCUT2D eigenvalue weighted by atomic mass is 32.2. The molecular formula is C46H75N13O16S. The van der Waals surface area contributed by atoms with Gasteiger partial charge in [-0.3, -0.25) is 52.7 Å². The van der Waals surface area contributed by atoms with Gasteiger partial charge in [0.15, 0.2) is 0 Å². The summed E-state index contributed by atoms with van der Waals surface area (Å²) in [5, 5.41) is 47.6. The van der Waals surface area contributed by atoms with Crippen LogP contribution in [0.5, 0.6) is 0 Å². The molecule has 19 N–H and O–H groups in total. The quantitative estimate of drug-likeness (QED) is 0.0278. The molecule has 1 rings (SSSR count). The lowest BCUT2D eigenvalue weighted by atomic mass is 9.97. The third-order valence-electron chi connectivity index (χ3n) is 11.4. The second-order valence-electron chi connectivity index (χ2n) is 18.2. The molecule has 76 heavy (non-hydrogen) atoms. The second-order valence-corrected chi connectivity index (χ2v) is 20.2. The van der Waals surface area contributed by atoms with Crippen molar-refractivity contribution in [3.8, 4) is 0 Å². The highest BCUT2D eigenvalue weighted by molar-refractivity contribution is 7.89. The van der Waals surface area contributed by atoms with Crippen LogP contribution in [-0.4, -0.2) is 186 Å². The Morgan fingerprint density at radius 2 is 1.20 bits per heavy atom. The van der Waals surface area contributed by atoms with E-state index >= 15 is 0 Å². The monoisotopic (exact) mass is 1100 g/mol. The van der Waals surface area contributed by atoms with Gasteiger partial charge in [0.1, 0.15) is 48.3 Å². The molecule has 0 heterocycles. The average Bonchev–Trinajstić information content (AvgIpc) is 3.34. The molecule has 0 saturated carbocycles. The maximum atomic E-state index is 14.0. The fourth-order valence-electron chi connectivity index (χ4n) is 7.14. The van der Waals surface area contributed by atoms with Gasteiger partial charge in [-0.2, -0.15) is 4.31 Å². The molecule has 29 nitrogen and oxygen atoms in total. The van der Waals surface area contributed by atoms with Crippen LogP contribution in [0.15, 0.2) is 43.0 Å². The number of primary amides is 3. The van der Waals surface area contributed by atoms with E-state index in [0.717, 1.165) is 6.08 Å². The van der Waals surface area contributed by atoms with E-state index in [1.807, 2.05) is 0 Å². The van der Waals surface area contributed by atoms with Crippen LogP contribution in [0, 0.1) is 11.8 Å². The van der Waals surface area contributed by atoms with Crippen molar-refractivity contribution >= 4 is 75.0 Å². The smallest absolute Gasteiger partial charge is 0.243 e. The number of sulfonamides is 1. The normalized spacial score (nSPS) is 15.3. The lowest BCUT2D eigenvalue weighted by molar-refractivity contribution is -0.136. The van der Waals surface area contributed by atoms with Gasteiger partial charge in [0, 0.05) is 19.0 Å². The van der Waals surface area contributed by atoms with Gasteiger partial charge in [-0.1, -0.05) is 70.5 Å². The summed E-state index contributed by atoms with van der Waals surface area (Å²) in [4.78, 5) is 142. The molecule has 11 amide bonds. The van der Waals surface area contributed by atoms with Gasteiger partial charge in [0.2, 0.25) is 75.0 Å². The van der Waals surface area contributed by atoms with Crippen LogP contribution in [0.4, 0.5) is 0 Å². The standard InChI is InChI=1S/C46H75N13O16S/c1-7-14-59(34(22-62)45(72)57-33(21-61)39(50)66)76(74,75)23-28(15-24(3)4)53-46(73)38(25(5)8-2)58-40(67)26(6)52-37(65)19-51-42(69)30(16-27-12-10-9-11-13-27)55-44(71)32(18-36(49)64)56-43(70)31(17-35(48)63)54-41(68)29(47)20-60/h7,9-13,24-26,28-34,38,60-62H,1,8,14-23,47H2,2-6H3,(H2,48,63)(H2,49,64)(H2,50,66)(H,51,69)(H,52,65)(H,53,73)(H,54,68)(H,55,71)(H,56,70)(H,57,72)(H,58,67)/t25-,26-,28-,29-,30-,31-,32-,33-,34-,38-/m0/s1. The third kappa shape index (κ3) is 23.2. The van der Waals surface area contributed by atoms with E-state index in [0.29, 0.717) is 16.3 Å². The van der Waals surface area contributed by atoms with Gasteiger partial charge in [0.05, 0.1) is 45.0 Å². The van der Waals surface area contributed by atoms with Gasteiger partial charge in [0.25, 0.3) is 0 Å². The van der Waals surface area contributed by atoms with Gasteiger partial charge >= 0.3 is 0 Å². The molecule has 0 aromatic heterocycles. The van der Waals surface area contributed by atoms with Gasteiger partial charge in [-0.25, -0.2) is 8.42 Å². The van der Waals surface area contributed by atoms with Crippen molar-refractivity contribution in [2.24, 2.45) is 34.8 Å². The van der Waals surface area contributed by atoms with Crippen LogP contribution in [0.3, 0.4) is 0 Å².